The zero-order valence-electron chi connectivity index (χ0n) is 17.9. The number of aromatic nitrogens is 6. The Hall–Kier alpha value is -4.31. The molecule has 4 aromatic heterocycles. The fourth-order valence-corrected chi connectivity index (χ4v) is 4.17. The molecule has 10 nitrogen and oxygen atoms in total. The van der Waals surface area contributed by atoms with E-state index in [0.29, 0.717) is 5.65 Å². The molecular weight excluding hydrogens is 465 g/mol. The summed E-state index contributed by atoms with van der Waals surface area (Å²) >= 11 is 0. The third kappa shape index (κ3) is 3.68. The molecule has 1 amide bonds. The van der Waals surface area contributed by atoms with Crippen LogP contribution < -0.4 is 0 Å². The molecule has 0 aliphatic carbocycles. The van der Waals surface area contributed by atoms with E-state index in [0.717, 1.165) is 33.8 Å². The highest BCUT2D eigenvalue weighted by Gasteiger charge is 2.63. The van der Waals surface area contributed by atoms with E-state index < -0.39 is 35.7 Å². The molecule has 0 spiro atoms. The first kappa shape index (κ1) is 22.5. The van der Waals surface area contributed by atoms with Gasteiger partial charge < -0.3 is 19.8 Å². The first-order valence-corrected chi connectivity index (χ1v) is 10.4. The molecule has 1 aliphatic heterocycles. The lowest BCUT2D eigenvalue weighted by molar-refractivity contribution is -0.299. The molecule has 1 aliphatic rings. The Morgan fingerprint density at radius 1 is 1.20 bits per heavy atom. The van der Waals surface area contributed by atoms with Crippen LogP contribution in [-0.4, -0.2) is 71.4 Å². The zero-order chi connectivity index (χ0) is 24.8. The maximum atomic E-state index is 14.0. The van der Waals surface area contributed by atoms with Crippen molar-refractivity contribution in [2.24, 2.45) is 5.92 Å². The van der Waals surface area contributed by atoms with Gasteiger partial charge in [0.25, 0.3) is 6.54 Å². The van der Waals surface area contributed by atoms with E-state index in [2.05, 4.69) is 29.9 Å². The maximum absolute atomic E-state index is 14.0. The van der Waals surface area contributed by atoms with Gasteiger partial charge in [-0.05, 0) is 12.1 Å². The summed E-state index contributed by atoms with van der Waals surface area (Å²) in [6, 6.07) is 4.27. The number of alkyl halides is 3. The van der Waals surface area contributed by atoms with Crippen LogP contribution in [0.4, 0.5) is 13.2 Å². The number of carbonyl (C=O) groups is 1. The number of H-pyrrole nitrogens is 1. The van der Waals surface area contributed by atoms with Crippen molar-refractivity contribution in [1.82, 2.24) is 34.6 Å². The highest BCUT2D eigenvalue weighted by Crippen LogP contribution is 2.47. The monoisotopic (exact) mass is 482 g/mol. The van der Waals surface area contributed by atoms with Gasteiger partial charge in [-0.15, -0.1) is 0 Å². The third-order valence-electron chi connectivity index (χ3n) is 6.11. The van der Waals surface area contributed by atoms with Crippen LogP contribution in [0.5, 0.6) is 0 Å². The van der Waals surface area contributed by atoms with Gasteiger partial charge in [0.1, 0.15) is 0 Å². The van der Waals surface area contributed by atoms with Gasteiger partial charge in [0.05, 0.1) is 18.0 Å². The second-order valence-corrected chi connectivity index (χ2v) is 8.11. The van der Waals surface area contributed by atoms with Crippen LogP contribution >= 0.6 is 0 Å². The van der Waals surface area contributed by atoms with Gasteiger partial charge in [0, 0.05) is 54.3 Å². The number of carbonyl (C=O) groups excluding carboxylic acids is 1. The lowest BCUT2D eigenvalue weighted by Crippen LogP contribution is -2.63. The van der Waals surface area contributed by atoms with Crippen LogP contribution in [0, 0.1) is 12.5 Å². The first-order chi connectivity index (χ1) is 16.7. The molecule has 5 heterocycles. The quantitative estimate of drug-likeness (QED) is 0.422. The molecule has 5 rings (SSSR count). The van der Waals surface area contributed by atoms with Gasteiger partial charge in [-0.25, -0.2) is 26.2 Å². The molecule has 1 unspecified atom stereocenters. The minimum Gasteiger partial charge on any atom is -0.376 e. The van der Waals surface area contributed by atoms with Gasteiger partial charge in [-0.1, -0.05) is 6.07 Å². The largest absolute Gasteiger partial charge is 0.421 e. The SMILES string of the molecule is [C-]#[N+]CC(=O)N1CC(C(O)(c2ccc(-n3cc(-c4ccnc5nc[nH]c45)cn3)nc2)C(F)(F)F)C1. The Kier molecular flexibility index (Phi) is 5.25. The average Bonchev–Trinajstić information content (AvgIpc) is 3.47. The highest BCUT2D eigenvalue weighted by molar-refractivity contribution is 5.88. The van der Waals surface area contributed by atoms with Crippen molar-refractivity contribution in [3.05, 3.63) is 66.3 Å². The lowest BCUT2D eigenvalue weighted by atomic mass is 9.76. The summed E-state index contributed by atoms with van der Waals surface area (Å²) in [5, 5.41) is 15.0. The summed E-state index contributed by atoms with van der Waals surface area (Å²) in [5.74, 6) is -1.59. The number of pyridine rings is 2. The number of hydrogen-bond acceptors (Lipinski definition) is 6. The summed E-state index contributed by atoms with van der Waals surface area (Å²) in [4.78, 5) is 31.2. The molecule has 0 bridgehead atoms. The van der Waals surface area contributed by atoms with Crippen molar-refractivity contribution in [1.29, 1.82) is 0 Å². The first-order valence-electron chi connectivity index (χ1n) is 10.4. The lowest BCUT2D eigenvalue weighted by Gasteiger charge is -2.47. The molecule has 2 N–H and O–H groups in total. The molecule has 178 valence electrons. The molecule has 1 saturated heterocycles. The smallest absolute Gasteiger partial charge is 0.376 e. The van der Waals surface area contributed by atoms with Crippen molar-refractivity contribution in [2.45, 2.75) is 11.8 Å². The Morgan fingerprint density at radius 2 is 2.00 bits per heavy atom. The number of imidazole rings is 1. The van der Waals surface area contributed by atoms with E-state index in [1.165, 1.54) is 17.1 Å². The molecule has 4 aromatic rings. The van der Waals surface area contributed by atoms with Crippen molar-refractivity contribution < 1.29 is 23.1 Å². The third-order valence-corrected chi connectivity index (χ3v) is 6.11. The van der Waals surface area contributed by atoms with Crippen LogP contribution in [0.25, 0.3) is 33.0 Å². The summed E-state index contributed by atoms with van der Waals surface area (Å²) in [7, 11) is 0. The number of nitrogens with one attached hydrogen (secondary N) is 1. The summed E-state index contributed by atoms with van der Waals surface area (Å²) in [5.41, 5.74) is -0.852. The van der Waals surface area contributed by atoms with E-state index in [4.69, 9.17) is 6.57 Å². The molecular formula is C22H17F3N8O2. The Morgan fingerprint density at radius 3 is 2.69 bits per heavy atom. The van der Waals surface area contributed by atoms with Crippen LogP contribution in [0.2, 0.25) is 0 Å². The van der Waals surface area contributed by atoms with Gasteiger partial charge in [0.2, 0.25) is 0 Å². The highest BCUT2D eigenvalue weighted by atomic mass is 19.4. The number of amides is 1. The van der Waals surface area contributed by atoms with Crippen molar-refractivity contribution >= 4 is 17.1 Å². The predicted molar refractivity (Wildman–Crippen MR) is 116 cm³/mol. The van der Waals surface area contributed by atoms with E-state index >= 15 is 0 Å². The van der Waals surface area contributed by atoms with Crippen LogP contribution in [0.3, 0.4) is 0 Å². The number of hydrogen-bond donors (Lipinski definition) is 2. The van der Waals surface area contributed by atoms with Gasteiger partial charge in [-0.2, -0.15) is 18.3 Å². The number of likely N-dealkylation sites (tertiary alicyclic amines) is 1. The van der Waals surface area contributed by atoms with Crippen molar-refractivity contribution in [3.8, 4) is 16.9 Å². The predicted octanol–water partition coefficient (Wildman–Crippen LogP) is 2.33. The zero-order valence-corrected chi connectivity index (χ0v) is 17.9. The Bertz CT molecular complexity index is 1430. The minimum absolute atomic E-state index is 0.252. The normalized spacial score (nSPS) is 16.0. The maximum Gasteiger partial charge on any atom is 0.421 e. The number of halogens is 3. The number of rotatable bonds is 5. The number of aliphatic hydroxyl groups is 1. The minimum atomic E-state index is -4.99. The summed E-state index contributed by atoms with van der Waals surface area (Å²) in [6.45, 7) is 5.68. The van der Waals surface area contributed by atoms with E-state index in [9.17, 15) is 23.1 Å². The molecule has 0 radical (unpaired) electrons. The summed E-state index contributed by atoms with van der Waals surface area (Å²) in [6.07, 6.45) is 2.35. The van der Waals surface area contributed by atoms with Crippen molar-refractivity contribution in [3.63, 3.8) is 0 Å². The van der Waals surface area contributed by atoms with Crippen molar-refractivity contribution in [2.75, 3.05) is 19.6 Å². The van der Waals surface area contributed by atoms with Crippen LogP contribution in [-0.2, 0) is 10.4 Å². The van der Waals surface area contributed by atoms with E-state index in [-0.39, 0.29) is 18.9 Å². The summed E-state index contributed by atoms with van der Waals surface area (Å²) < 4.78 is 43.4. The number of aromatic amines is 1. The van der Waals surface area contributed by atoms with E-state index in [1.54, 1.807) is 24.7 Å². The number of nitrogens with zero attached hydrogens (tertiary/aromatic N) is 7. The standard InChI is InChI=1S/C22H17F3N8O2/c1-26-8-18(34)32-10-15(11-32)21(35,22(23,24)25)14-2-3-17(28-7-14)33-9-13(6-31-33)16-4-5-27-20-19(16)29-12-30-20/h2-7,9,12,15,35H,8,10-11H2,(H,27,29,30). The van der Waals surface area contributed by atoms with Crippen LogP contribution in [0.1, 0.15) is 5.56 Å². The second kappa shape index (κ2) is 8.17. The molecule has 13 heteroatoms. The molecule has 0 saturated carbocycles. The molecule has 1 fully saturated rings. The molecule has 0 aromatic carbocycles. The fraction of sp³-hybridized carbons (Fsp3) is 0.273. The van der Waals surface area contributed by atoms with Gasteiger partial charge in [0.15, 0.2) is 17.1 Å². The van der Waals surface area contributed by atoms with Crippen LogP contribution in [0.15, 0.2) is 49.3 Å². The topological polar surface area (TPSA) is 117 Å². The van der Waals surface area contributed by atoms with Gasteiger partial charge >= 0.3 is 12.1 Å². The second-order valence-electron chi connectivity index (χ2n) is 8.11. The fourth-order valence-electron chi connectivity index (χ4n) is 4.17. The average molecular weight is 482 g/mol. The molecule has 1 atom stereocenters. The number of fused-ring (bicyclic) bond motifs is 1. The molecule has 35 heavy (non-hydrogen) atoms. The van der Waals surface area contributed by atoms with E-state index in [1.807, 2.05) is 0 Å². The Balaban J connectivity index is 1.40. The Labute approximate surface area is 195 Å². The van der Waals surface area contributed by atoms with Gasteiger partial charge in [-0.3, -0.25) is 4.79 Å².